The van der Waals surface area contributed by atoms with E-state index in [-0.39, 0.29) is 10.9 Å². The molecule has 1 unspecified atom stereocenters. The second-order valence-corrected chi connectivity index (χ2v) is 7.52. The molecule has 2 heterocycles. The van der Waals surface area contributed by atoms with Crippen molar-refractivity contribution >= 4 is 22.8 Å². The van der Waals surface area contributed by atoms with Gasteiger partial charge in [-0.1, -0.05) is 48.2 Å². The topological polar surface area (TPSA) is 66.6 Å². The van der Waals surface area contributed by atoms with Gasteiger partial charge in [-0.05, 0) is 38.1 Å². The summed E-state index contributed by atoms with van der Waals surface area (Å²) in [6.07, 6.45) is 0. The largest absolute Gasteiger partial charge is 0.478 e. The van der Waals surface area contributed by atoms with Crippen LogP contribution in [0.5, 0.6) is 0 Å². The van der Waals surface area contributed by atoms with Gasteiger partial charge in [0.1, 0.15) is 10.4 Å². The van der Waals surface area contributed by atoms with Crippen LogP contribution >= 0.6 is 11.8 Å². The number of nitrogens with one attached hydrogen (secondary N) is 1. The molecule has 2 N–H and O–H groups in total. The second kappa shape index (κ2) is 6.96. The van der Waals surface area contributed by atoms with Gasteiger partial charge in [0.25, 0.3) is 0 Å². The molecule has 0 amide bonds. The number of rotatable bonds is 4. The smallest absolute Gasteiger partial charge is 0.335 e. The number of aromatic carboxylic acids is 1. The summed E-state index contributed by atoms with van der Waals surface area (Å²) in [5.74, 6) is -0.923. The van der Waals surface area contributed by atoms with Gasteiger partial charge in [0.2, 0.25) is 0 Å². The molecule has 5 nitrogen and oxygen atoms in total. The molecular weight excluding hydrogens is 358 g/mol. The number of hydrazone groups is 1. The van der Waals surface area contributed by atoms with E-state index >= 15 is 0 Å². The summed E-state index contributed by atoms with van der Waals surface area (Å²) in [7, 11) is 0. The number of thioether (sulfide) groups is 1. The highest BCUT2D eigenvalue weighted by Gasteiger charge is 2.26. The minimum absolute atomic E-state index is 0.0304. The molecule has 3 aromatic rings. The van der Waals surface area contributed by atoms with Gasteiger partial charge in [-0.25, -0.2) is 4.79 Å². The van der Waals surface area contributed by atoms with Crippen molar-refractivity contribution < 1.29 is 9.90 Å². The molecule has 27 heavy (non-hydrogen) atoms. The Hall–Kier alpha value is -2.99. The van der Waals surface area contributed by atoms with E-state index in [1.807, 2.05) is 31.2 Å². The van der Waals surface area contributed by atoms with Crippen molar-refractivity contribution in [2.24, 2.45) is 5.10 Å². The number of benzene rings is 2. The van der Waals surface area contributed by atoms with Gasteiger partial charge in [0.05, 0.1) is 5.56 Å². The number of carboxylic acid groups (broad SMARTS) is 1. The fourth-order valence-electron chi connectivity index (χ4n) is 3.36. The summed E-state index contributed by atoms with van der Waals surface area (Å²) in [4.78, 5) is 11.3. The molecule has 0 spiro atoms. The molecule has 0 saturated heterocycles. The lowest BCUT2D eigenvalue weighted by Crippen LogP contribution is -2.08. The van der Waals surface area contributed by atoms with Crippen LogP contribution in [0.25, 0.3) is 5.69 Å². The van der Waals surface area contributed by atoms with Crippen LogP contribution in [0, 0.1) is 13.8 Å². The number of hydrogen-bond donors (Lipinski definition) is 2. The maximum absolute atomic E-state index is 11.3. The lowest BCUT2D eigenvalue weighted by atomic mass is 10.2. The molecule has 136 valence electrons. The Kier molecular flexibility index (Phi) is 4.49. The predicted octanol–water partition coefficient (Wildman–Crippen LogP) is 4.49. The first-order valence-electron chi connectivity index (χ1n) is 8.62. The number of nitrogens with zero attached hydrogens (tertiary/aromatic N) is 2. The monoisotopic (exact) mass is 377 g/mol. The molecule has 1 aromatic heterocycles. The Bertz CT molecular complexity index is 1040. The Morgan fingerprint density at radius 3 is 2.63 bits per heavy atom. The molecule has 0 bridgehead atoms. The number of aryl methyl sites for hydroxylation is 1. The van der Waals surface area contributed by atoms with Gasteiger partial charge < -0.3 is 9.67 Å². The van der Waals surface area contributed by atoms with Gasteiger partial charge in [-0.2, -0.15) is 5.10 Å². The van der Waals surface area contributed by atoms with Crippen molar-refractivity contribution in [3.05, 3.63) is 88.7 Å². The van der Waals surface area contributed by atoms with Gasteiger partial charge in [-0.15, -0.1) is 0 Å². The zero-order chi connectivity index (χ0) is 19.0. The van der Waals surface area contributed by atoms with Crippen LogP contribution in [0.4, 0.5) is 0 Å². The number of hydrogen-bond acceptors (Lipinski definition) is 4. The first-order valence-corrected chi connectivity index (χ1v) is 9.50. The van der Waals surface area contributed by atoms with E-state index in [1.165, 1.54) is 0 Å². The van der Waals surface area contributed by atoms with Gasteiger partial charge in [0.15, 0.2) is 0 Å². The first-order chi connectivity index (χ1) is 13.0. The number of aromatic nitrogens is 1. The van der Waals surface area contributed by atoms with Crippen LogP contribution in [0.3, 0.4) is 0 Å². The van der Waals surface area contributed by atoms with Crippen molar-refractivity contribution in [2.75, 3.05) is 0 Å². The molecule has 1 atom stereocenters. The van der Waals surface area contributed by atoms with Gasteiger partial charge in [0, 0.05) is 28.2 Å². The molecular formula is C21H19N3O2S. The van der Waals surface area contributed by atoms with Gasteiger partial charge >= 0.3 is 5.97 Å². The standard InChI is InChI=1S/C21H19N3O2S/c1-13-11-18(20-23-22-19(27-20)15-7-4-3-5-8-15)14(2)24(13)17-10-6-9-16(12-17)21(25)26/h3-12,20,23H,1-2H3,(H,25,26). The normalized spacial score (nSPS) is 16.1. The highest BCUT2D eigenvalue weighted by molar-refractivity contribution is 8.14. The lowest BCUT2D eigenvalue weighted by molar-refractivity contribution is 0.0697. The van der Waals surface area contributed by atoms with Crippen molar-refractivity contribution in [2.45, 2.75) is 19.2 Å². The van der Waals surface area contributed by atoms with Crippen molar-refractivity contribution in [1.29, 1.82) is 0 Å². The average Bonchev–Trinajstić information content (AvgIpc) is 3.27. The summed E-state index contributed by atoms with van der Waals surface area (Å²) in [5, 5.41) is 14.8. The van der Waals surface area contributed by atoms with E-state index in [2.05, 4.69) is 40.2 Å². The molecule has 0 fully saturated rings. The maximum atomic E-state index is 11.3. The molecule has 1 aliphatic heterocycles. The zero-order valence-electron chi connectivity index (χ0n) is 15.0. The third kappa shape index (κ3) is 3.24. The fraction of sp³-hybridized carbons (Fsp3) is 0.143. The van der Waals surface area contributed by atoms with Crippen molar-refractivity contribution in [3.63, 3.8) is 0 Å². The molecule has 0 radical (unpaired) electrons. The quantitative estimate of drug-likeness (QED) is 0.703. The van der Waals surface area contributed by atoms with E-state index in [9.17, 15) is 9.90 Å². The zero-order valence-corrected chi connectivity index (χ0v) is 15.8. The number of carbonyl (C=O) groups is 1. The highest BCUT2D eigenvalue weighted by Crippen LogP contribution is 2.37. The summed E-state index contributed by atoms with van der Waals surface area (Å²) in [5.41, 5.74) is 8.73. The van der Waals surface area contributed by atoms with E-state index in [4.69, 9.17) is 0 Å². The Morgan fingerprint density at radius 1 is 1.11 bits per heavy atom. The van der Waals surface area contributed by atoms with Crippen LogP contribution in [-0.4, -0.2) is 20.7 Å². The predicted molar refractivity (Wildman–Crippen MR) is 109 cm³/mol. The van der Waals surface area contributed by atoms with Crippen LogP contribution in [0.1, 0.15) is 38.2 Å². The van der Waals surface area contributed by atoms with E-state index < -0.39 is 5.97 Å². The van der Waals surface area contributed by atoms with Crippen LogP contribution in [0.2, 0.25) is 0 Å². The summed E-state index contributed by atoms with van der Waals surface area (Å²) in [6.45, 7) is 4.08. The summed E-state index contributed by atoms with van der Waals surface area (Å²) in [6, 6.07) is 19.3. The lowest BCUT2D eigenvalue weighted by Gasteiger charge is -2.13. The van der Waals surface area contributed by atoms with Crippen LogP contribution < -0.4 is 5.43 Å². The van der Waals surface area contributed by atoms with Gasteiger partial charge in [-0.3, -0.25) is 5.43 Å². The van der Waals surface area contributed by atoms with Crippen molar-refractivity contribution in [3.8, 4) is 5.69 Å². The number of carboxylic acids is 1. The Balaban J connectivity index is 1.65. The molecule has 6 heteroatoms. The Morgan fingerprint density at radius 2 is 1.89 bits per heavy atom. The molecule has 2 aromatic carbocycles. The molecule has 0 saturated carbocycles. The van der Waals surface area contributed by atoms with E-state index in [1.54, 1.807) is 30.0 Å². The fourth-order valence-corrected chi connectivity index (χ4v) is 4.43. The molecule has 4 rings (SSSR count). The molecule has 0 aliphatic carbocycles. The average molecular weight is 377 g/mol. The maximum Gasteiger partial charge on any atom is 0.335 e. The van der Waals surface area contributed by atoms with Crippen molar-refractivity contribution in [1.82, 2.24) is 9.99 Å². The van der Waals surface area contributed by atoms with E-state index in [0.29, 0.717) is 0 Å². The SMILES string of the molecule is Cc1cc(C2NN=C(c3ccccc3)S2)c(C)n1-c1cccc(C(=O)O)c1. The summed E-state index contributed by atoms with van der Waals surface area (Å²) < 4.78 is 2.09. The highest BCUT2D eigenvalue weighted by atomic mass is 32.2. The second-order valence-electron chi connectivity index (χ2n) is 6.43. The minimum Gasteiger partial charge on any atom is -0.478 e. The summed E-state index contributed by atoms with van der Waals surface area (Å²) >= 11 is 1.69. The molecule has 1 aliphatic rings. The first kappa shape index (κ1) is 17.4. The van der Waals surface area contributed by atoms with E-state index in [0.717, 1.165) is 33.2 Å². The minimum atomic E-state index is -0.923. The third-order valence-electron chi connectivity index (χ3n) is 4.64. The Labute approximate surface area is 161 Å². The van der Waals surface area contributed by atoms with Crippen LogP contribution in [0.15, 0.2) is 65.8 Å². The third-order valence-corrected chi connectivity index (χ3v) is 5.78. The van der Waals surface area contributed by atoms with Crippen LogP contribution in [-0.2, 0) is 0 Å².